The molecule has 0 aromatic heterocycles. The molecule has 32 heavy (non-hydrogen) atoms. The standard InChI is InChI=1S/C20H29FN4O3.C4H10/c1-20(2,3)28-19(27)25-10-8-23(9-11-25)17-13-15(12-16(21)14-17)18(26)24-6-4-22-5-7-24;1-4(2)3/h12-14,22H,4-11H2,1-3H3;4H,1-3H3. The monoisotopic (exact) mass is 450 g/mol. The minimum absolute atomic E-state index is 0.144. The lowest BCUT2D eigenvalue weighted by Crippen LogP contribution is -2.50. The zero-order chi connectivity index (χ0) is 23.9. The van der Waals surface area contributed by atoms with Gasteiger partial charge in [0.05, 0.1) is 0 Å². The Morgan fingerprint density at radius 1 is 0.938 bits per heavy atom. The van der Waals surface area contributed by atoms with Crippen molar-refractivity contribution in [1.29, 1.82) is 0 Å². The number of benzene rings is 1. The minimum Gasteiger partial charge on any atom is -0.444 e. The van der Waals surface area contributed by atoms with Gasteiger partial charge in [-0.3, -0.25) is 4.79 Å². The van der Waals surface area contributed by atoms with Crippen LogP contribution in [0.4, 0.5) is 14.9 Å². The van der Waals surface area contributed by atoms with Crippen molar-refractivity contribution in [1.82, 2.24) is 15.1 Å². The first kappa shape index (κ1) is 25.9. The van der Waals surface area contributed by atoms with Crippen LogP contribution in [0.2, 0.25) is 0 Å². The number of halogens is 1. The van der Waals surface area contributed by atoms with E-state index in [1.165, 1.54) is 12.1 Å². The fourth-order valence-corrected chi connectivity index (χ4v) is 3.40. The van der Waals surface area contributed by atoms with Crippen LogP contribution in [0.25, 0.3) is 0 Å². The van der Waals surface area contributed by atoms with Gasteiger partial charge in [0.25, 0.3) is 5.91 Å². The van der Waals surface area contributed by atoms with Crippen LogP contribution in [0.15, 0.2) is 18.2 Å². The summed E-state index contributed by atoms with van der Waals surface area (Å²) in [6, 6.07) is 4.49. The summed E-state index contributed by atoms with van der Waals surface area (Å²) in [6.07, 6.45) is -0.332. The summed E-state index contributed by atoms with van der Waals surface area (Å²) in [5.41, 5.74) is 0.504. The topological polar surface area (TPSA) is 65.1 Å². The molecule has 2 fully saturated rings. The Kier molecular flexibility index (Phi) is 9.31. The molecule has 0 bridgehead atoms. The van der Waals surface area contributed by atoms with Crippen LogP contribution >= 0.6 is 0 Å². The van der Waals surface area contributed by atoms with Crippen molar-refractivity contribution in [2.24, 2.45) is 5.92 Å². The molecule has 2 amide bonds. The van der Waals surface area contributed by atoms with Crippen LogP contribution in [0.3, 0.4) is 0 Å². The van der Waals surface area contributed by atoms with Gasteiger partial charge >= 0.3 is 6.09 Å². The van der Waals surface area contributed by atoms with Crippen molar-refractivity contribution in [3.05, 3.63) is 29.6 Å². The fourth-order valence-electron chi connectivity index (χ4n) is 3.40. The zero-order valence-corrected chi connectivity index (χ0v) is 20.4. The molecule has 2 heterocycles. The quantitative estimate of drug-likeness (QED) is 0.746. The molecule has 0 saturated carbocycles. The molecule has 3 rings (SSSR count). The normalized spacial score (nSPS) is 17.1. The van der Waals surface area contributed by atoms with Crippen LogP contribution in [0.1, 0.15) is 51.9 Å². The number of carbonyl (C=O) groups excluding carboxylic acids is 2. The minimum atomic E-state index is -0.532. The highest BCUT2D eigenvalue weighted by atomic mass is 19.1. The van der Waals surface area contributed by atoms with Gasteiger partial charge in [-0.2, -0.15) is 0 Å². The van der Waals surface area contributed by atoms with Crippen molar-refractivity contribution in [3.63, 3.8) is 0 Å². The highest BCUT2D eigenvalue weighted by Gasteiger charge is 2.27. The molecule has 1 aromatic carbocycles. The van der Waals surface area contributed by atoms with E-state index in [1.807, 2.05) is 25.7 Å². The van der Waals surface area contributed by atoms with Crippen LogP contribution in [-0.4, -0.2) is 79.8 Å². The van der Waals surface area contributed by atoms with E-state index in [-0.39, 0.29) is 12.0 Å². The second-order valence-electron chi connectivity index (χ2n) is 9.93. The van der Waals surface area contributed by atoms with Crippen molar-refractivity contribution in [3.8, 4) is 0 Å². The number of piperazine rings is 2. The lowest BCUT2D eigenvalue weighted by Gasteiger charge is -2.37. The summed E-state index contributed by atoms with van der Waals surface area (Å²) in [5, 5.41) is 3.20. The third-order valence-corrected chi connectivity index (χ3v) is 4.83. The molecule has 0 aliphatic carbocycles. The van der Waals surface area contributed by atoms with E-state index in [1.54, 1.807) is 15.9 Å². The smallest absolute Gasteiger partial charge is 0.410 e. The molecule has 1 aromatic rings. The maximum Gasteiger partial charge on any atom is 0.410 e. The molecule has 0 unspecified atom stereocenters. The summed E-state index contributed by atoms with van der Waals surface area (Å²) in [5.74, 6) is 0.264. The Balaban J connectivity index is 0.000000837. The van der Waals surface area contributed by atoms with E-state index in [0.717, 1.165) is 19.0 Å². The first-order chi connectivity index (χ1) is 15.0. The van der Waals surface area contributed by atoms with Gasteiger partial charge in [0.2, 0.25) is 0 Å². The molecule has 0 radical (unpaired) electrons. The van der Waals surface area contributed by atoms with Gasteiger partial charge in [0.1, 0.15) is 11.4 Å². The van der Waals surface area contributed by atoms with Gasteiger partial charge in [0, 0.05) is 63.6 Å². The second-order valence-corrected chi connectivity index (χ2v) is 9.93. The van der Waals surface area contributed by atoms with Crippen molar-refractivity contribution >= 4 is 17.7 Å². The molecule has 0 atom stereocenters. The summed E-state index contributed by atoms with van der Waals surface area (Å²) in [7, 11) is 0. The fraction of sp³-hybridized carbons (Fsp3) is 0.667. The number of nitrogens with zero attached hydrogens (tertiary/aromatic N) is 3. The number of amides is 2. The molecule has 7 nitrogen and oxygen atoms in total. The molecular weight excluding hydrogens is 411 g/mol. The number of rotatable bonds is 2. The van der Waals surface area contributed by atoms with Gasteiger partial charge < -0.3 is 24.8 Å². The number of ether oxygens (including phenoxy) is 1. The summed E-state index contributed by atoms with van der Waals surface area (Å²) < 4.78 is 19.6. The highest BCUT2D eigenvalue weighted by Crippen LogP contribution is 2.22. The van der Waals surface area contributed by atoms with Crippen molar-refractivity contribution < 1.29 is 18.7 Å². The Bertz CT molecular complexity index is 762. The van der Waals surface area contributed by atoms with Gasteiger partial charge in [0.15, 0.2) is 0 Å². The Hall–Kier alpha value is -2.35. The van der Waals surface area contributed by atoms with Gasteiger partial charge in [-0.05, 0) is 44.9 Å². The molecule has 2 saturated heterocycles. The first-order valence-corrected chi connectivity index (χ1v) is 11.5. The van der Waals surface area contributed by atoms with E-state index < -0.39 is 11.4 Å². The third kappa shape index (κ3) is 8.30. The number of hydrogen-bond acceptors (Lipinski definition) is 5. The molecule has 8 heteroatoms. The van der Waals surface area contributed by atoms with Gasteiger partial charge in [-0.25, -0.2) is 9.18 Å². The molecular formula is C24H39FN4O3. The van der Waals surface area contributed by atoms with E-state index in [0.29, 0.717) is 50.5 Å². The maximum absolute atomic E-state index is 14.2. The zero-order valence-electron chi connectivity index (χ0n) is 20.4. The van der Waals surface area contributed by atoms with Crippen molar-refractivity contribution in [2.75, 3.05) is 57.3 Å². The Labute approximate surface area is 191 Å². The van der Waals surface area contributed by atoms with Crippen LogP contribution in [0.5, 0.6) is 0 Å². The van der Waals surface area contributed by atoms with Gasteiger partial charge in [-0.1, -0.05) is 20.8 Å². The van der Waals surface area contributed by atoms with E-state index in [2.05, 4.69) is 26.1 Å². The van der Waals surface area contributed by atoms with Crippen LogP contribution in [0, 0.1) is 11.7 Å². The average molecular weight is 451 g/mol. The SMILES string of the molecule is CC(C)(C)OC(=O)N1CCN(c2cc(F)cc(C(=O)N3CCNCC3)c2)CC1.CC(C)C. The number of carbonyl (C=O) groups is 2. The molecule has 1 N–H and O–H groups in total. The molecule has 180 valence electrons. The maximum atomic E-state index is 14.2. The number of anilines is 1. The predicted octanol–water partition coefficient (Wildman–Crippen LogP) is 3.59. The first-order valence-electron chi connectivity index (χ1n) is 11.5. The predicted molar refractivity (Wildman–Crippen MR) is 126 cm³/mol. The van der Waals surface area contributed by atoms with E-state index in [4.69, 9.17) is 4.74 Å². The summed E-state index contributed by atoms with van der Waals surface area (Å²) in [4.78, 5) is 30.3. The number of nitrogens with one attached hydrogen (secondary N) is 1. The number of hydrogen-bond donors (Lipinski definition) is 1. The highest BCUT2D eigenvalue weighted by molar-refractivity contribution is 5.95. The van der Waals surface area contributed by atoms with Crippen molar-refractivity contribution in [2.45, 2.75) is 47.1 Å². The second kappa shape index (κ2) is 11.5. The van der Waals surface area contributed by atoms with Crippen LogP contribution in [-0.2, 0) is 4.74 Å². The lowest BCUT2D eigenvalue weighted by molar-refractivity contribution is 0.0240. The molecule has 2 aliphatic heterocycles. The lowest BCUT2D eigenvalue weighted by atomic mass is 10.1. The average Bonchev–Trinajstić information content (AvgIpc) is 2.72. The largest absolute Gasteiger partial charge is 0.444 e. The van der Waals surface area contributed by atoms with Gasteiger partial charge in [-0.15, -0.1) is 0 Å². The van der Waals surface area contributed by atoms with Crippen LogP contribution < -0.4 is 10.2 Å². The molecule has 0 spiro atoms. The molecule has 2 aliphatic rings. The Morgan fingerprint density at radius 2 is 1.50 bits per heavy atom. The Morgan fingerprint density at radius 3 is 2.03 bits per heavy atom. The summed E-state index contributed by atoms with van der Waals surface area (Å²) >= 11 is 0. The summed E-state index contributed by atoms with van der Waals surface area (Å²) in [6.45, 7) is 16.9. The van der Waals surface area contributed by atoms with E-state index in [9.17, 15) is 14.0 Å². The van der Waals surface area contributed by atoms with E-state index >= 15 is 0 Å². The third-order valence-electron chi connectivity index (χ3n) is 4.83.